The molecule has 2 amide bonds. The number of furan rings is 1. The first-order valence-electron chi connectivity index (χ1n) is 7.27. The van der Waals surface area contributed by atoms with E-state index in [-0.39, 0.29) is 24.8 Å². The number of aromatic nitrogens is 2. The Bertz CT molecular complexity index is 886. The first kappa shape index (κ1) is 16.1. The predicted molar refractivity (Wildman–Crippen MR) is 90.0 cm³/mol. The minimum absolute atomic E-state index is 0.132. The lowest BCUT2D eigenvalue weighted by molar-refractivity contribution is -0.116. The lowest BCUT2D eigenvalue weighted by Gasteiger charge is -2.06. The van der Waals surface area contributed by atoms with Crippen molar-refractivity contribution in [3.63, 3.8) is 0 Å². The van der Waals surface area contributed by atoms with Gasteiger partial charge in [0, 0.05) is 25.0 Å². The van der Waals surface area contributed by atoms with Gasteiger partial charge in [0.1, 0.15) is 6.26 Å². The van der Waals surface area contributed by atoms with Crippen LogP contribution in [0.2, 0.25) is 5.02 Å². The van der Waals surface area contributed by atoms with Gasteiger partial charge in [-0.1, -0.05) is 11.6 Å². The zero-order valence-electron chi connectivity index (χ0n) is 12.9. The highest BCUT2D eigenvalue weighted by Crippen LogP contribution is 2.21. The molecule has 0 aliphatic heterocycles. The number of halogens is 1. The minimum Gasteiger partial charge on any atom is -0.472 e. The third-order valence-electron chi connectivity index (χ3n) is 3.52. The Morgan fingerprint density at radius 1 is 1.33 bits per heavy atom. The normalized spacial score (nSPS) is 10.8. The summed E-state index contributed by atoms with van der Waals surface area (Å²) in [5.41, 5.74) is 1.99. The summed E-state index contributed by atoms with van der Waals surface area (Å²) in [6.07, 6.45) is 2.90. The molecule has 0 bridgehead atoms. The highest BCUT2D eigenvalue weighted by molar-refractivity contribution is 6.31. The molecule has 2 aromatic heterocycles. The molecule has 0 saturated carbocycles. The molecule has 0 saturated heterocycles. The first-order chi connectivity index (χ1) is 11.5. The van der Waals surface area contributed by atoms with Crippen LogP contribution in [0.25, 0.3) is 11.0 Å². The van der Waals surface area contributed by atoms with E-state index in [1.54, 1.807) is 29.8 Å². The smallest absolute Gasteiger partial charge is 0.254 e. The zero-order valence-corrected chi connectivity index (χ0v) is 13.6. The zero-order chi connectivity index (χ0) is 17.1. The van der Waals surface area contributed by atoms with Gasteiger partial charge in [-0.25, -0.2) is 4.98 Å². The molecule has 2 heterocycles. The van der Waals surface area contributed by atoms with Crippen molar-refractivity contribution in [2.24, 2.45) is 7.05 Å². The molecule has 7 nitrogen and oxygen atoms in total. The number of aryl methyl sites for hydroxylation is 1. The van der Waals surface area contributed by atoms with Crippen molar-refractivity contribution < 1.29 is 14.0 Å². The molecule has 0 fully saturated rings. The average Bonchev–Trinajstić information content (AvgIpc) is 3.16. The van der Waals surface area contributed by atoms with Gasteiger partial charge in [-0.2, -0.15) is 0 Å². The van der Waals surface area contributed by atoms with Gasteiger partial charge in [-0.15, -0.1) is 0 Å². The third kappa shape index (κ3) is 3.41. The molecule has 24 heavy (non-hydrogen) atoms. The summed E-state index contributed by atoms with van der Waals surface area (Å²) in [5.74, 6) is -0.0978. The Balaban J connectivity index is 1.57. The highest BCUT2D eigenvalue weighted by atomic mass is 35.5. The summed E-state index contributed by atoms with van der Waals surface area (Å²) < 4.78 is 6.60. The van der Waals surface area contributed by atoms with Crippen LogP contribution in [0.5, 0.6) is 0 Å². The number of benzene rings is 1. The van der Waals surface area contributed by atoms with E-state index < -0.39 is 0 Å². The van der Waals surface area contributed by atoms with Crippen LogP contribution in [-0.4, -0.2) is 27.9 Å². The maximum atomic E-state index is 12.0. The maximum absolute atomic E-state index is 12.0. The first-order valence-corrected chi connectivity index (χ1v) is 7.64. The van der Waals surface area contributed by atoms with Gasteiger partial charge in [0.05, 0.1) is 22.9 Å². The fourth-order valence-corrected chi connectivity index (χ4v) is 2.42. The van der Waals surface area contributed by atoms with E-state index in [9.17, 15) is 9.59 Å². The molecule has 0 aliphatic carbocycles. The summed E-state index contributed by atoms with van der Waals surface area (Å²) in [6, 6.07) is 6.89. The van der Waals surface area contributed by atoms with Crippen molar-refractivity contribution in [1.29, 1.82) is 0 Å². The number of hydrogen-bond donors (Lipinski definition) is 2. The van der Waals surface area contributed by atoms with E-state index in [1.807, 2.05) is 6.07 Å². The van der Waals surface area contributed by atoms with E-state index in [1.165, 1.54) is 12.5 Å². The van der Waals surface area contributed by atoms with Crippen LogP contribution < -0.4 is 10.6 Å². The summed E-state index contributed by atoms with van der Waals surface area (Å²) in [6.45, 7) is 0.214. The summed E-state index contributed by atoms with van der Waals surface area (Å²) in [4.78, 5) is 28.1. The number of hydrogen-bond acceptors (Lipinski definition) is 4. The summed E-state index contributed by atoms with van der Waals surface area (Å²) in [7, 11) is 1.81. The number of carbonyl (C=O) groups is 2. The van der Waals surface area contributed by atoms with Crippen molar-refractivity contribution in [1.82, 2.24) is 14.9 Å². The summed E-state index contributed by atoms with van der Waals surface area (Å²) in [5, 5.41) is 5.96. The number of imidazole rings is 1. The lowest BCUT2D eigenvalue weighted by atomic mass is 10.3. The number of anilines is 1. The number of carbonyl (C=O) groups excluding carboxylic acids is 2. The second-order valence-electron chi connectivity index (χ2n) is 5.19. The van der Waals surface area contributed by atoms with Crippen molar-refractivity contribution in [3.8, 4) is 0 Å². The Hall–Kier alpha value is -2.80. The van der Waals surface area contributed by atoms with Crippen LogP contribution in [0, 0.1) is 0 Å². The molecule has 8 heteroatoms. The topological polar surface area (TPSA) is 89.2 Å². The fraction of sp³-hybridized carbons (Fsp3) is 0.188. The van der Waals surface area contributed by atoms with Gasteiger partial charge in [0.15, 0.2) is 0 Å². The molecule has 0 atom stereocenters. The molecule has 1 aromatic carbocycles. The van der Waals surface area contributed by atoms with E-state index in [0.29, 0.717) is 22.1 Å². The number of fused-ring (bicyclic) bond motifs is 1. The Morgan fingerprint density at radius 2 is 2.17 bits per heavy atom. The van der Waals surface area contributed by atoms with Gasteiger partial charge in [-0.05, 0) is 24.3 Å². The largest absolute Gasteiger partial charge is 0.472 e. The fourth-order valence-electron chi connectivity index (χ4n) is 2.26. The molecule has 3 aromatic rings. The Morgan fingerprint density at radius 3 is 2.92 bits per heavy atom. The maximum Gasteiger partial charge on any atom is 0.254 e. The molecular weight excluding hydrogens is 332 g/mol. The van der Waals surface area contributed by atoms with E-state index in [4.69, 9.17) is 16.0 Å². The minimum atomic E-state index is -0.283. The monoisotopic (exact) mass is 346 g/mol. The van der Waals surface area contributed by atoms with Gasteiger partial charge < -0.3 is 14.3 Å². The lowest BCUT2D eigenvalue weighted by Crippen LogP contribution is -2.27. The van der Waals surface area contributed by atoms with Crippen LogP contribution >= 0.6 is 11.6 Å². The number of nitrogens with one attached hydrogen (secondary N) is 2. The summed E-state index contributed by atoms with van der Waals surface area (Å²) >= 11 is 5.94. The molecular formula is C16H15ClN4O3. The molecule has 3 rings (SSSR count). The van der Waals surface area contributed by atoms with Gasteiger partial charge in [-0.3, -0.25) is 14.9 Å². The van der Waals surface area contributed by atoms with E-state index >= 15 is 0 Å². The highest BCUT2D eigenvalue weighted by Gasteiger charge is 2.12. The number of amides is 2. The van der Waals surface area contributed by atoms with Crippen LogP contribution in [-0.2, 0) is 11.8 Å². The number of rotatable bonds is 5. The van der Waals surface area contributed by atoms with Crippen LogP contribution in [0.1, 0.15) is 16.8 Å². The second-order valence-corrected chi connectivity index (χ2v) is 5.63. The quantitative estimate of drug-likeness (QED) is 0.743. The van der Waals surface area contributed by atoms with E-state index in [0.717, 1.165) is 5.52 Å². The van der Waals surface area contributed by atoms with Gasteiger partial charge in [0.2, 0.25) is 11.9 Å². The predicted octanol–water partition coefficient (Wildman–Crippen LogP) is 2.58. The van der Waals surface area contributed by atoms with Crippen molar-refractivity contribution in [3.05, 3.63) is 47.4 Å². The Labute approximate surface area is 142 Å². The number of nitrogens with zero attached hydrogens (tertiary/aromatic N) is 2. The molecule has 0 aliphatic rings. The Kier molecular flexibility index (Phi) is 4.52. The van der Waals surface area contributed by atoms with Crippen molar-refractivity contribution >= 4 is 40.4 Å². The SMILES string of the molecule is Cn1c(NC(=O)CCNC(=O)c2ccoc2)nc2cc(Cl)ccc21. The average molecular weight is 347 g/mol. The van der Waals surface area contributed by atoms with Gasteiger partial charge >= 0.3 is 0 Å². The van der Waals surface area contributed by atoms with E-state index in [2.05, 4.69) is 15.6 Å². The van der Waals surface area contributed by atoms with Gasteiger partial charge in [0.25, 0.3) is 5.91 Å². The molecule has 2 N–H and O–H groups in total. The molecule has 0 unspecified atom stereocenters. The van der Waals surface area contributed by atoms with Crippen LogP contribution in [0.4, 0.5) is 5.95 Å². The van der Waals surface area contributed by atoms with Crippen LogP contribution in [0.3, 0.4) is 0 Å². The van der Waals surface area contributed by atoms with Crippen molar-refractivity contribution in [2.75, 3.05) is 11.9 Å². The third-order valence-corrected chi connectivity index (χ3v) is 3.75. The van der Waals surface area contributed by atoms with Crippen LogP contribution in [0.15, 0.2) is 41.2 Å². The van der Waals surface area contributed by atoms with Crippen molar-refractivity contribution in [2.45, 2.75) is 6.42 Å². The molecule has 0 radical (unpaired) electrons. The molecule has 124 valence electrons. The standard InChI is InChI=1S/C16H15ClN4O3/c1-21-13-3-2-11(17)8-12(13)19-16(21)20-14(22)4-6-18-15(23)10-5-7-24-9-10/h2-3,5,7-9H,4,6H2,1H3,(H,18,23)(H,19,20,22). The molecule has 0 spiro atoms. The second kappa shape index (κ2) is 6.76.